The molecule has 1 aliphatic heterocycles. The average molecular weight is 233 g/mol. The molecular weight excluding hydrogens is 210 g/mol. The van der Waals surface area contributed by atoms with Gasteiger partial charge in [-0.3, -0.25) is 0 Å². The minimum atomic E-state index is -0.588. The number of aliphatic hydroxyl groups is 1. The van der Waals surface area contributed by atoms with Crippen molar-refractivity contribution >= 4 is 5.69 Å². The summed E-state index contributed by atoms with van der Waals surface area (Å²) in [5.41, 5.74) is 3.52. The molecule has 0 amide bonds. The van der Waals surface area contributed by atoms with Gasteiger partial charge in [-0.1, -0.05) is 17.7 Å². The second-order valence-corrected chi connectivity index (χ2v) is 5.79. The summed E-state index contributed by atoms with van der Waals surface area (Å²) >= 11 is 0. The van der Waals surface area contributed by atoms with E-state index >= 15 is 0 Å². The SMILES string of the molecule is CCN1c2ccc(C)cc2CC1CC(C)(C)O. The van der Waals surface area contributed by atoms with Crippen LogP contribution < -0.4 is 4.90 Å². The zero-order chi connectivity index (χ0) is 12.6. The molecule has 2 rings (SSSR count). The third kappa shape index (κ3) is 2.63. The molecule has 2 heteroatoms. The Morgan fingerprint density at radius 3 is 2.71 bits per heavy atom. The number of nitrogens with zero attached hydrogens (tertiary/aromatic N) is 1. The lowest BCUT2D eigenvalue weighted by Gasteiger charge is -2.30. The molecule has 1 aromatic rings. The van der Waals surface area contributed by atoms with E-state index in [4.69, 9.17) is 0 Å². The van der Waals surface area contributed by atoms with Crippen molar-refractivity contribution in [3.63, 3.8) is 0 Å². The topological polar surface area (TPSA) is 23.5 Å². The summed E-state index contributed by atoms with van der Waals surface area (Å²) in [6.07, 6.45) is 1.89. The van der Waals surface area contributed by atoms with Gasteiger partial charge < -0.3 is 10.0 Å². The minimum Gasteiger partial charge on any atom is -0.390 e. The van der Waals surface area contributed by atoms with E-state index in [2.05, 4.69) is 36.9 Å². The molecule has 2 nitrogen and oxygen atoms in total. The first kappa shape index (κ1) is 12.4. The number of benzene rings is 1. The second kappa shape index (κ2) is 4.34. The monoisotopic (exact) mass is 233 g/mol. The molecule has 1 N–H and O–H groups in total. The molecule has 0 spiro atoms. The Bertz CT molecular complexity index is 406. The molecule has 0 bridgehead atoms. The second-order valence-electron chi connectivity index (χ2n) is 5.79. The Morgan fingerprint density at radius 2 is 2.12 bits per heavy atom. The Kier molecular flexibility index (Phi) is 3.17. The summed E-state index contributed by atoms with van der Waals surface area (Å²) in [7, 11) is 0. The predicted octanol–water partition coefficient (Wildman–Crippen LogP) is 2.91. The molecule has 0 saturated heterocycles. The first-order chi connectivity index (χ1) is 7.90. The van der Waals surface area contributed by atoms with Gasteiger partial charge in [-0.2, -0.15) is 0 Å². The van der Waals surface area contributed by atoms with Crippen LogP contribution in [-0.4, -0.2) is 23.3 Å². The normalized spacial score (nSPS) is 19.6. The molecule has 94 valence electrons. The average Bonchev–Trinajstić information content (AvgIpc) is 2.51. The highest BCUT2D eigenvalue weighted by Gasteiger charge is 2.31. The summed E-state index contributed by atoms with van der Waals surface area (Å²) in [5, 5.41) is 10.00. The first-order valence-corrected chi connectivity index (χ1v) is 6.49. The Labute approximate surface area is 104 Å². The van der Waals surface area contributed by atoms with E-state index in [0.717, 1.165) is 19.4 Å². The standard InChI is InChI=1S/C15H23NO/c1-5-16-13(10-15(3,4)17)9-12-8-11(2)6-7-14(12)16/h6-8,13,17H,5,9-10H2,1-4H3. The van der Waals surface area contributed by atoms with Crippen LogP contribution in [-0.2, 0) is 6.42 Å². The molecule has 0 aromatic heterocycles. The lowest BCUT2D eigenvalue weighted by Crippen LogP contribution is -2.38. The number of fused-ring (bicyclic) bond motifs is 1. The van der Waals surface area contributed by atoms with E-state index in [-0.39, 0.29) is 0 Å². The lowest BCUT2D eigenvalue weighted by atomic mass is 9.96. The summed E-state index contributed by atoms with van der Waals surface area (Å²) in [6, 6.07) is 7.12. The van der Waals surface area contributed by atoms with Gasteiger partial charge in [0, 0.05) is 18.3 Å². The molecule has 1 unspecified atom stereocenters. The van der Waals surface area contributed by atoms with Gasteiger partial charge in [0.1, 0.15) is 0 Å². The number of rotatable bonds is 3. The summed E-state index contributed by atoms with van der Waals surface area (Å²) in [5.74, 6) is 0. The van der Waals surface area contributed by atoms with Crippen LogP contribution in [0.3, 0.4) is 0 Å². The summed E-state index contributed by atoms with van der Waals surface area (Å²) in [4.78, 5) is 2.42. The first-order valence-electron chi connectivity index (χ1n) is 6.49. The van der Waals surface area contributed by atoms with E-state index < -0.39 is 5.60 Å². The zero-order valence-electron chi connectivity index (χ0n) is 11.3. The van der Waals surface area contributed by atoms with Crippen molar-refractivity contribution < 1.29 is 5.11 Å². The smallest absolute Gasteiger partial charge is 0.0611 e. The van der Waals surface area contributed by atoms with Crippen molar-refractivity contribution in [2.45, 2.75) is 52.2 Å². The third-order valence-corrected chi connectivity index (χ3v) is 3.52. The van der Waals surface area contributed by atoms with Crippen molar-refractivity contribution in [1.82, 2.24) is 0 Å². The molecule has 0 aliphatic carbocycles. The molecule has 1 atom stereocenters. The maximum absolute atomic E-state index is 10.00. The summed E-state index contributed by atoms with van der Waals surface area (Å²) < 4.78 is 0. The van der Waals surface area contributed by atoms with Gasteiger partial charge in [-0.15, -0.1) is 0 Å². The van der Waals surface area contributed by atoms with Crippen LogP contribution in [0, 0.1) is 6.92 Å². The molecule has 0 saturated carbocycles. The van der Waals surface area contributed by atoms with Crippen LogP contribution >= 0.6 is 0 Å². The molecule has 0 fully saturated rings. The molecule has 0 radical (unpaired) electrons. The van der Waals surface area contributed by atoms with E-state index in [1.807, 2.05) is 13.8 Å². The van der Waals surface area contributed by atoms with Crippen molar-refractivity contribution in [2.75, 3.05) is 11.4 Å². The highest BCUT2D eigenvalue weighted by molar-refractivity contribution is 5.60. The van der Waals surface area contributed by atoms with Gasteiger partial charge >= 0.3 is 0 Å². The van der Waals surface area contributed by atoms with Crippen molar-refractivity contribution in [1.29, 1.82) is 0 Å². The fourth-order valence-electron chi connectivity index (χ4n) is 2.91. The molecule has 1 aliphatic rings. The Balaban J connectivity index is 2.25. The van der Waals surface area contributed by atoms with E-state index in [9.17, 15) is 5.11 Å². The van der Waals surface area contributed by atoms with Crippen LogP contribution in [0.25, 0.3) is 0 Å². The molecule has 1 heterocycles. The van der Waals surface area contributed by atoms with E-state index in [1.54, 1.807) is 0 Å². The number of anilines is 1. The lowest BCUT2D eigenvalue weighted by molar-refractivity contribution is 0.0636. The maximum atomic E-state index is 10.00. The predicted molar refractivity (Wildman–Crippen MR) is 72.6 cm³/mol. The number of aryl methyl sites for hydroxylation is 1. The number of hydrogen-bond donors (Lipinski definition) is 1. The van der Waals surface area contributed by atoms with Crippen molar-refractivity contribution in [3.8, 4) is 0 Å². The van der Waals surface area contributed by atoms with Crippen molar-refractivity contribution in [3.05, 3.63) is 29.3 Å². The van der Waals surface area contributed by atoms with Gasteiger partial charge in [-0.25, -0.2) is 0 Å². The fourth-order valence-corrected chi connectivity index (χ4v) is 2.91. The van der Waals surface area contributed by atoms with Gasteiger partial charge in [-0.05, 0) is 52.2 Å². The highest BCUT2D eigenvalue weighted by Crippen LogP contribution is 2.35. The van der Waals surface area contributed by atoms with Gasteiger partial charge in [0.2, 0.25) is 0 Å². The fraction of sp³-hybridized carbons (Fsp3) is 0.600. The molecule has 17 heavy (non-hydrogen) atoms. The van der Waals surface area contributed by atoms with Crippen LogP contribution in [0.1, 0.15) is 38.3 Å². The Morgan fingerprint density at radius 1 is 1.41 bits per heavy atom. The largest absolute Gasteiger partial charge is 0.390 e. The van der Waals surface area contributed by atoms with Crippen molar-refractivity contribution in [2.24, 2.45) is 0 Å². The van der Waals surface area contributed by atoms with Gasteiger partial charge in [0.25, 0.3) is 0 Å². The highest BCUT2D eigenvalue weighted by atomic mass is 16.3. The third-order valence-electron chi connectivity index (χ3n) is 3.52. The van der Waals surface area contributed by atoms with Gasteiger partial charge in [0.15, 0.2) is 0 Å². The van der Waals surface area contributed by atoms with E-state index in [1.165, 1.54) is 16.8 Å². The van der Waals surface area contributed by atoms with Gasteiger partial charge in [0.05, 0.1) is 5.60 Å². The number of likely N-dealkylation sites (N-methyl/N-ethyl adjacent to an activating group) is 1. The van der Waals surface area contributed by atoms with Crippen LogP contribution in [0.15, 0.2) is 18.2 Å². The number of hydrogen-bond acceptors (Lipinski definition) is 2. The van der Waals surface area contributed by atoms with Crippen LogP contribution in [0.5, 0.6) is 0 Å². The minimum absolute atomic E-state index is 0.441. The quantitative estimate of drug-likeness (QED) is 0.867. The maximum Gasteiger partial charge on any atom is 0.0611 e. The van der Waals surface area contributed by atoms with Crippen LogP contribution in [0.2, 0.25) is 0 Å². The zero-order valence-corrected chi connectivity index (χ0v) is 11.3. The molecule has 1 aromatic carbocycles. The van der Waals surface area contributed by atoms with Crippen LogP contribution in [0.4, 0.5) is 5.69 Å². The summed E-state index contributed by atoms with van der Waals surface area (Å²) in [6.45, 7) is 9.13. The molecular formula is C15H23NO. The Hall–Kier alpha value is -1.02. The van der Waals surface area contributed by atoms with E-state index in [0.29, 0.717) is 6.04 Å².